The van der Waals surface area contributed by atoms with Gasteiger partial charge in [-0.15, -0.1) is 10.2 Å². The first-order valence-corrected chi connectivity index (χ1v) is 9.19. The van der Waals surface area contributed by atoms with Crippen molar-refractivity contribution in [3.8, 4) is 0 Å². The summed E-state index contributed by atoms with van der Waals surface area (Å²) in [5.41, 5.74) is 0. The summed E-state index contributed by atoms with van der Waals surface area (Å²) in [6.07, 6.45) is 5.18. The van der Waals surface area contributed by atoms with Crippen LogP contribution in [0.15, 0.2) is 5.16 Å². The van der Waals surface area contributed by atoms with E-state index in [9.17, 15) is 0 Å². The molecule has 0 N–H and O–H groups in total. The Hall–Kier alpha value is -0.750. The standard InChI is InChI=1S/C15H26N4OS/c1-3-21-15-17-16-14(18-8-6-12(2)7-9-18)19(15)11-13-5-4-10-20-13/h12-13H,3-11H2,1-2H3. The highest BCUT2D eigenvalue weighted by molar-refractivity contribution is 7.99. The van der Waals surface area contributed by atoms with Gasteiger partial charge in [-0.1, -0.05) is 25.6 Å². The Balaban J connectivity index is 1.78. The second-order valence-corrected chi connectivity index (χ2v) is 7.36. The number of thioether (sulfide) groups is 1. The zero-order valence-electron chi connectivity index (χ0n) is 13.1. The van der Waals surface area contributed by atoms with Crippen LogP contribution in [0, 0.1) is 5.92 Å². The second-order valence-electron chi connectivity index (χ2n) is 6.13. The van der Waals surface area contributed by atoms with E-state index in [1.54, 1.807) is 11.8 Å². The van der Waals surface area contributed by atoms with Gasteiger partial charge in [0.05, 0.1) is 12.6 Å². The van der Waals surface area contributed by atoms with Crippen LogP contribution in [-0.2, 0) is 11.3 Å². The first kappa shape index (κ1) is 15.2. The van der Waals surface area contributed by atoms with Crippen LogP contribution in [0.4, 0.5) is 5.95 Å². The lowest BCUT2D eigenvalue weighted by atomic mass is 10.00. The molecule has 3 heterocycles. The number of nitrogens with zero attached hydrogens (tertiary/aromatic N) is 4. The van der Waals surface area contributed by atoms with Crippen molar-refractivity contribution in [1.29, 1.82) is 0 Å². The third-order valence-corrected chi connectivity index (χ3v) is 5.30. The van der Waals surface area contributed by atoms with E-state index in [1.165, 1.54) is 19.3 Å². The van der Waals surface area contributed by atoms with Gasteiger partial charge in [-0.3, -0.25) is 4.57 Å². The van der Waals surface area contributed by atoms with Crippen molar-refractivity contribution < 1.29 is 4.74 Å². The van der Waals surface area contributed by atoms with Gasteiger partial charge < -0.3 is 9.64 Å². The Labute approximate surface area is 131 Å². The summed E-state index contributed by atoms with van der Waals surface area (Å²) >= 11 is 1.78. The minimum absolute atomic E-state index is 0.333. The molecule has 1 aromatic rings. The van der Waals surface area contributed by atoms with E-state index in [0.29, 0.717) is 6.10 Å². The molecule has 1 atom stereocenters. The SMILES string of the molecule is CCSc1nnc(N2CCC(C)CC2)n1CC1CCCO1. The van der Waals surface area contributed by atoms with Gasteiger partial charge in [0.15, 0.2) is 5.16 Å². The minimum atomic E-state index is 0.333. The minimum Gasteiger partial charge on any atom is -0.376 e. The van der Waals surface area contributed by atoms with Gasteiger partial charge in [0.25, 0.3) is 0 Å². The second kappa shape index (κ2) is 7.01. The van der Waals surface area contributed by atoms with Gasteiger partial charge in [0, 0.05) is 19.7 Å². The van der Waals surface area contributed by atoms with E-state index in [1.807, 2.05) is 0 Å². The quantitative estimate of drug-likeness (QED) is 0.782. The Morgan fingerprint density at radius 1 is 1.24 bits per heavy atom. The molecule has 0 bridgehead atoms. The van der Waals surface area contributed by atoms with Gasteiger partial charge in [-0.2, -0.15) is 0 Å². The van der Waals surface area contributed by atoms with E-state index >= 15 is 0 Å². The first-order chi connectivity index (χ1) is 10.3. The fourth-order valence-corrected chi connectivity index (χ4v) is 3.78. The van der Waals surface area contributed by atoms with Gasteiger partial charge >= 0.3 is 0 Å². The number of rotatable bonds is 5. The van der Waals surface area contributed by atoms with Crippen LogP contribution >= 0.6 is 11.8 Å². The van der Waals surface area contributed by atoms with Crippen LogP contribution < -0.4 is 4.90 Å². The third kappa shape index (κ3) is 3.54. The molecule has 2 saturated heterocycles. The highest BCUT2D eigenvalue weighted by atomic mass is 32.2. The van der Waals surface area contributed by atoms with Crippen molar-refractivity contribution >= 4 is 17.7 Å². The molecule has 21 heavy (non-hydrogen) atoms. The molecule has 5 nitrogen and oxygen atoms in total. The summed E-state index contributed by atoms with van der Waals surface area (Å²) in [5.74, 6) is 2.91. The van der Waals surface area contributed by atoms with Crippen LogP contribution in [-0.4, -0.2) is 46.3 Å². The fourth-order valence-electron chi connectivity index (χ4n) is 3.11. The maximum Gasteiger partial charge on any atom is 0.228 e. The number of piperidine rings is 1. The molecule has 2 fully saturated rings. The predicted molar refractivity (Wildman–Crippen MR) is 86.0 cm³/mol. The lowest BCUT2D eigenvalue weighted by Gasteiger charge is -2.31. The molecule has 1 aromatic heterocycles. The number of hydrogen-bond donors (Lipinski definition) is 0. The highest BCUT2D eigenvalue weighted by Gasteiger charge is 2.25. The van der Waals surface area contributed by atoms with Gasteiger partial charge in [-0.05, 0) is 37.4 Å². The third-order valence-electron chi connectivity index (χ3n) is 4.45. The van der Waals surface area contributed by atoms with E-state index < -0.39 is 0 Å². The van der Waals surface area contributed by atoms with Crippen molar-refractivity contribution in [2.45, 2.75) is 57.3 Å². The van der Waals surface area contributed by atoms with Crippen molar-refractivity contribution in [3.63, 3.8) is 0 Å². The molecule has 3 rings (SSSR count). The Morgan fingerprint density at radius 3 is 2.71 bits per heavy atom. The summed E-state index contributed by atoms with van der Waals surface area (Å²) < 4.78 is 8.11. The molecule has 0 aromatic carbocycles. The summed E-state index contributed by atoms with van der Waals surface area (Å²) in [4.78, 5) is 2.40. The zero-order valence-corrected chi connectivity index (χ0v) is 13.9. The number of hydrogen-bond acceptors (Lipinski definition) is 5. The van der Waals surface area contributed by atoms with E-state index in [4.69, 9.17) is 4.74 Å². The van der Waals surface area contributed by atoms with Crippen LogP contribution in [0.3, 0.4) is 0 Å². The average molecular weight is 310 g/mol. The maximum absolute atomic E-state index is 5.81. The van der Waals surface area contributed by atoms with Gasteiger partial charge in [0.1, 0.15) is 0 Å². The number of aromatic nitrogens is 3. The summed E-state index contributed by atoms with van der Waals surface area (Å²) in [6.45, 7) is 8.50. The molecule has 118 valence electrons. The van der Waals surface area contributed by atoms with Gasteiger partial charge in [0.2, 0.25) is 5.95 Å². The first-order valence-electron chi connectivity index (χ1n) is 8.20. The number of ether oxygens (including phenoxy) is 1. The Morgan fingerprint density at radius 2 is 2.05 bits per heavy atom. The molecule has 2 aliphatic heterocycles. The smallest absolute Gasteiger partial charge is 0.228 e. The van der Waals surface area contributed by atoms with E-state index in [-0.39, 0.29) is 0 Å². The average Bonchev–Trinajstić information content (AvgIpc) is 3.12. The fraction of sp³-hybridized carbons (Fsp3) is 0.867. The van der Waals surface area contributed by atoms with E-state index in [2.05, 4.69) is 33.5 Å². The van der Waals surface area contributed by atoms with Crippen LogP contribution in [0.2, 0.25) is 0 Å². The van der Waals surface area contributed by atoms with Crippen LogP contribution in [0.1, 0.15) is 39.5 Å². The predicted octanol–water partition coefficient (Wildman–Crippen LogP) is 2.81. The summed E-state index contributed by atoms with van der Waals surface area (Å²) in [6, 6.07) is 0. The molecule has 1 unspecified atom stereocenters. The Kier molecular flexibility index (Phi) is 5.06. The monoisotopic (exact) mass is 310 g/mol. The molecule has 0 saturated carbocycles. The molecule has 0 amide bonds. The largest absolute Gasteiger partial charge is 0.376 e. The summed E-state index contributed by atoms with van der Waals surface area (Å²) in [7, 11) is 0. The van der Waals surface area contributed by atoms with Crippen molar-refractivity contribution in [2.24, 2.45) is 5.92 Å². The Bertz CT molecular complexity index is 451. The molecular weight excluding hydrogens is 284 g/mol. The molecule has 0 spiro atoms. The highest BCUT2D eigenvalue weighted by Crippen LogP contribution is 2.27. The molecule has 0 aliphatic carbocycles. The molecule has 6 heteroatoms. The van der Waals surface area contributed by atoms with Crippen molar-refractivity contribution in [3.05, 3.63) is 0 Å². The maximum atomic E-state index is 5.81. The topological polar surface area (TPSA) is 43.2 Å². The lowest BCUT2D eigenvalue weighted by molar-refractivity contribution is 0.0951. The van der Waals surface area contributed by atoms with Gasteiger partial charge in [-0.25, -0.2) is 0 Å². The van der Waals surface area contributed by atoms with Crippen LogP contribution in [0.25, 0.3) is 0 Å². The van der Waals surface area contributed by atoms with Crippen LogP contribution in [0.5, 0.6) is 0 Å². The van der Waals surface area contributed by atoms with E-state index in [0.717, 1.165) is 55.4 Å². The zero-order chi connectivity index (χ0) is 14.7. The number of anilines is 1. The van der Waals surface area contributed by atoms with Crippen molar-refractivity contribution in [1.82, 2.24) is 14.8 Å². The lowest BCUT2D eigenvalue weighted by Crippen LogP contribution is -2.35. The molecule has 0 radical (unpaired) electrons. The normalized spacial score (nSPS) is 23.9. The molecular formula is C15H26N4OS. The molecule has 2 aliphatic rings. The van der Waals surface area contributed by atoms with Crippen molar-refractivity contribution in [2.75, 3.05) is 30.3 Å². The summed E-state index contributed by atoms with van der Waals surface area (Å²) in [5, 5.41) is 9.95.